The molecule has 5 nitrogen and oxygen atoms in total. The van der Waals surface area contributed by atoms with Gasteiger partial charge in [0, 0.05) is 30.5 Å². The third-order valence-corrected chi connectivity index (χ3v) is 6.19. The van der Waals surface area contributed by atoms with Crippen LogP contribution in [0.3, 0.4) is 0 Å². The van der Waals surface area contributed by atoms with E-state index in [0.717, 1.165) is 35.2 Å². The van der Waals surface area contributed by atoms with E-state index in [-0.39, 0.29) is 29.4 Å². The normalized spacial score (nSPS) is 16.9. The highest BCUT2D eigenvalue weighted by atomic mass is 19.4. The molecule has 4 rings (SSSR count). The lowest BCUT2D eigenvalue weighted by atomic mass is 9.76. The maximum Gasteiger partial charge on any atom is 0.573 e. The minimum atomic E-state index is -4.74. The first-order valence-corrected chi connectivity index (χ1v) is 11.3. The molecule has 0 bridgehead atoms. The van der Waals surface area contributed by atoms with Crippen LogP contribution in [0.2, 0.25) is 0 Å². The van der Waals surface area contributed by atoms with Crippen molar-refractivity contribution < 1.29 is 32.6 Å². The fourth-order valence-corrected chi connectivity index (χ4v) is 4.15. The fourth-order valence-electron chi connectivity index (χ4n) is 4.15. The molecule has 184 valence electrons. The van der Waals surface area contributed by atoms with Gasteiger partial charge >= 0.3 is 12.3 Å². The van der Waals surface area contributed by atoms with Crippen LogP contribution < -0.4 is 9.64 Å². The maximum absolute atomic E-state index is 12.7. The summed E-state index contributed by atoms with van der Waals surface area (Å²) < 4.78 is 42.4. The van der Waals surface area contributed by atoms with Gasteiger partial charge < -0.3 is 14.7 Å². The minimum absolute atomic E-state index is 0.0185. The van der Waals surface area contributed by atoms with E-state index in [1.54, 1.807) is 17.0 Å². The summed E-state index contributed by atoms with van der Waals surface area (Å²) in [5, 5.41) is 8.05. The Morgan fingerprint density at radius 2 is 1.82 bits per heavy atom. The summed E-state index contributed by atoms with van der Waals surface area (Å²) in [4.78, 5) is 24.1. The number of amides is 1. The first-order valence-electron chi connectivity index (χ1n) is 11.3. The Bertz CT molecular complexity index is 1070. The number of para-hydroxylation sites is 1. The van der Waals surface area contributed by atoms with Gasteiger partial charge in [-0.2, -0.15) is 0 Å². The number of carbonyl (C=O) groups excluding carboxylic acids is 1. The molecule has 2 aromatic rings. The maximum atomic E-state index is 12.7. The van der Waals surface area contributed by atoms with E-state index < -0.39 is 12.3 Å². The zero-order valence-electron chi connectivity index (χ0n) is 19.8. The summed E-state index contributed by atoms with van der Waals surface area (Å²) in [6.07, 6.45) is -2.21. The second kappa shape index (κ2) is 9.68. The van der Waals surface area contributed by atoms with Crippen molar-refractivity contribution in [1.29, 1.82) is 0 Å². The van der Waals surface area contributed by atoms with Crippen LogP contribution in [0, 0.1) is 12.8 Å². The molecule has 1 saturated carbocycles. The summed E-state index contributed by atoms with van der Waals surface area (Å²) in [6.45, 7) is 8.51. The first-order chi connectivity index (χ1) is 15.8. The summed E-state index contributed by atoms with van der Waals surface area (Å²) in [6, 6.07) is 10.2. The molecule has 1 amide bonds. The second-order valence-corrected chi connectivity index (χ2v) is 9.44. The van der Waals surface area contributed by atoms with Gasteiger partial charge in [0.1, 0.15) is 5.75 Å². The van der Waals surface area contributed by atoms with Gasteiger partial charge in [-0.15, -0.1) is 13.2 Å². The molecule has 0 radical (unpaired) electrons. The predicted molar refractivity (Wildman–Crippen MR) is 123 cm³/mol. The number of carboxylic acid groups (broad SMARTS) is 1. The number of aryl methyl sites for hydroxylation is 1. The van der Waals surface area contributed by atoms with E-state index in [1.165, 1.54) is 12.1 Å². The van der Waals surface area contributed by atoms with E-state index >= 15 is 0 Å². The first kappa shape index (κ1) is 25.6. The summed E-state index contributed by atoms with van der Waals surface area (Å²) in [5.41, 5.74) is 3.97. The van der Waals surface area contributed by atoms with Gasteiger partial charge in [-0.05, 0) is 61.1 Å². The zero-order chi connectivity index (χ0) is 25.3. The Balaban J connectivity index is 0.000000469. The molecule has 0 spiro atoms. The SMILES string of the molecule is CCN1C(=O)CC(C)(C)c2cc(C)c(Cc3ccccc3OC(F)(F)F)cc21.O=C(O)C1CC1. The standard InChI is InChI=1S/C22H24F3NO2.C4H6O2/c1-5-26-18-12-16(14(2)10-17(18)21(3,4)13-20(26)27)11-15-8-6-7-9-19(15)28-22(23,24)25;5-4(6)3-1-2-3/h6-10,12H,5,11,13H2,1-4H3;3H,1-2H2,(H,5,6). The number of halogens is 3. The van der Waals surface area contributed by atoms with Crippen LogP contribution in [0.25, 0.3) is 0 Å². The summed E-state index contributed by atoms with van der Waals surface area (Å²) in [5.74, 6) is -0.744. The largest absolute Gasteiger partial charge is 0.573 e. The van der Waals surface area contributed by atoms with E-state index in [0.29, 0.717) is 18.5 Å². The molecule has 2 aromatic carbocycles. The van der Waals surface area contributed by atoms with Gasteiger partial charge in [-0.1, -0.05) is 38.1 Å². The number of aliphatic carboxylic acids is 1. The summed E-state index contributed by atoms with van der Waals surface area (Å²) in [7, 11) is 0. The number of carbonyl (C=O) groups is 2. The number of rotatable bonds is 5. The number of hydrogen-bond acceptors (Lipinski definition) is 3. The molecule has 1 heterocycles. The molecular weight excluding hydrogens is 447 g/mol. The van der Waals surface area contributed by atoms with Gasteiger partial charge in [0.05, 0.1) is 5.92 Å². The van der Waals surface area contributed by atoms with Crippen LogP contribution in [0.5, 0.6) is 5.75 Å². The lowest BCUT2D eigenvalue weighted by Gasteiger charge is -2.39. The molecule has 1 aliphatic carbocycles. The molecule has 2 aliphatic rings. The van der Waals surface area contributed by atoms with Gasteiger partial charge in [0.25, 0.3) is 0 Å². The lowest BCUT2D eigenvalue weighted by Crippen LogP contribution is -2.42. The number of carboxylic acids is 1. The van der Waals surface area contributed by atoms with E-state index in [1.807, 2.05) is 33.8 Å². The van der Waals surface area contributed by atoms with E-state index in [2.05, 4.69) is 10.8 Å². The smallest absolute Gasteiger partial charge is 0.481 e. The van der Waals surface area contributed by atoms with Crippen molar-refractivity contribution in [3.8, 4) is 5.75 Å². The second-order valence-electron chi connectivity index (χ2n) is 9.44. The monoisotopic (exact) mass is 477 g/mol. The van der Waals surface area contributed by atoms with Crippen LogP contribution in [0.1, 0.15) is 62.3 Å². The minimum Gasteiger partial charge on any atom is -0.481 e. The molecule has 1 fully saturated rings. The van der Waals surface area contributed by atoms with Crippen molar-refractivity contribution in [2.24, 2.45) is 5.92 Å². The molecule has 34 heavy (non-hydrogen) atoms. The summed E-state index contributed by atoms with van der Waals surface area (Å²) >= 11 is 0. The Labute approximate surface area is 197 Å². The van der Waals surface area contributed by atoms with Crippen LogP contribution in [-0.4, -0.2) is 29.9 Å². The number of nitrogens with zero attached hydrogens (tertiary/aromatic N) is 1. The van der Waals surface area contributed by atoms with E-state index in [4.69, 9.17) is 5.11 Å². The van der Waals surface area contributed by atoms with Crippen molar-refractivity contribution in [2.75, 3.05) is 11.4 Å². The zero-order valence-corrected chi connectivity index (χ0v) is 19.8. The van der Waals surface area contributed by atoms with Crippen LogP contribution in [0.15, 0.2) is 36.4 Å². The van der Waals surface area contributed by atoms with Gasteiger partial charge in [0.15, 0.2) is 0 Å². The van der Waals surface area contributed by atoms with Gasteiger partial charge in [-0.3, -0.25) is 9.59 Å². The highest BCUT2D eigenvalue weighted by molar-refractivity contribution is 5.98. The van der Waals surface area contributed by atoms with Crippen molar-refractivity contribution in [2.45, 2.75) is 65.2 Å². The average molecular weight is 478 g/mol. The highest BCUT2D eigenvalue weighted by Gasteiger charge is 2.37. The molecule has 0 atom stereocenters. The van der Waals surface area contributed by atoms with Crippen molar-refractivity contribution in [3.63, 3.8) is 0 Å². The number of anilines is 1. The van der Waals surface area contributed by atoms with Gasteiger partial charge in [0.2, 0.25) is 5.91 Å². The Morgan fingerprint density at radius 3 is 2.35 bits per heavy atom. The molecule has 8 heteroatoms. The number of benzene rings is 2. The molecular formula is C26H30F3NO4. The molecule has 0 aromatic heterocycles. The molecule has 0 unspecified atom stereocenters. The van der Waals surface area contributed by atoms with Crippen molar-refractivity contribution in [1.82, 2.24) is 0 Å². The molecule has 0 saturated heterocycles. The van der Waals surface area contributed by atoms with E-state index in [9.17, 15) is 22.8 Å². The van der Waals surface area contributed by atoms with Crippen LogP contribution in [0.4, 0.5) is 18.9 Å². The number of hydrogen-bond donors (Lipinski definition) is 1. The lowest BCUT2D eigenvalue weighted by molar-refractivity contribution is -0.274. The van der Waals surface area contributed by atoms with Crippen molar-refractivity contribution >= 4 is 17.6 Å². The third-order valence-electron chi connectivity index (χ3n) is 6.19. The van der Waals surface area contributed by atoms with Crippen LogP contribution >= 0.6 is 0 Å². The average Bonchev–Trinajstić information content (AvgIpc) is 3.56. The third kappa shape index (κ3) is 6.10. The quantitative estimate of drug-likeness (QED) is 0.574. The fraction of sp³-hybridized carbons (Fsp3) is 0.462. The van der Waals surface area contributed by atoms with Gasteiger partial charge in [-0.25, -0.2) is 0 Å². The number of alkyl halides is 3. The van der Waals surface area contributed by atoms with Crippen LogP contribution in [-0.2, 0) is 21.4 Å². The molecule has 1 aliphatic heterocycles. The highest BCUT2D eigenvalue weighted by Crippen LogP contribution is 2.42. The number of fused-ring (bicyclic) bond motifs is 1. The Hall–Kier alpha value is -3.03. The molecule has 1 N–H and O–H groups in total. The predicted octanol–water partition coefficient (Wildman–Crippen LogP) is 6.00. The topological polar surface area (TPSA) is 66.8 Å². The Kier molecular flexibility index (Phi) is 7.29. The van der Waals surface area contributed by atoms with Crippen molar-refractivity contribution in [3.05, 3.63) is 58.7 Å². The Morgan fingerprint density at radius 1 is 1.18 bits per heavy atom. The number of ether oxygens (including phenoxy) is 1.